The largest absolute Gasteiger partial charge is 0.301 e. The number of nitrogens with one attached hydrogen (secondary N) is 1. The Morgan fingerprint density at radius 3 is 2.58 bits per heavy atom. The van der Waals surface area contributed by atoms with E-state index in [1.54, 1.807) is 30.3 Å². The van der Waals surface area contributed by atoms with Crippen molar-refractivity contribution in [1.29, 1.82) is 0 Å². The van der Waals surface area contributed by atoms with Crippen molar-refractivity contribution in [2.45, 2.75) is 4.90 Å². The molecular formula is C15H10Cl2N2O3S2. The zero-order valence-electron chi connectivity index (χ0n) is 12.0. The minimum atomic E-state index is -3.71. The first kappa shape index (κ1) is 17.2. The van der Waals surface area contributed by atoms with E-state index in [0.717, 1.165) is 0 Å². The number of benzene rings is 2. The molecule has 1 amide bonds. The number of nitrogens with zero attached hydrogens (tertiary/aromatic N) is 1. The Kier molecular flexibility index (Phi) is 4.78. The first-order chi connectivity index (χ1) is 11.3. The van der Waals surface area contributed by atoms with Gasteiger partial charge in [-0.25, -0.2) is 13.4 Å². The fourth-order valence-electron chi connectivity index (χ4n) is 2.05. The molecule has 3 aromatic rings. The standard InChI is InChI=1S/C15H10Cl2N2O3S2/c16-9-6-11(17)14-12(7-9)23-15(19-14)18-13(20)8-24(21,22)10-4-2-1-3-5-10/h1-7H,8H2,(H,18,19,20). The highest BCUT2D eigenvalue weighted by atomic mass is 35.5. The first-order valence-electron chi connectivity index (χ1n) is 6.68. The van der Waals surface area contributed by atoms with Gasteiger partial charge < -0.3 is 5.32 Å². The number of amides is 1. The number of hydrogen-bond acceptors (Lipinski definition) is 5. The highest BCUT2D eigenvalue weighted by Crippen LogP contribution is 2.33. The lowest BCUT2D eigenvalue weighted by Gasteiger charge is -2.04. The quantitative estimate of drug-likeness (QED) is 0.717. The molecule has 0 unspecified atom stereocenters. The molecule has 1 N–H and O–H groups in total. The number of thiazole rings is 1. The molecule has 124 valence electrons. The number of halogens is 2. The minimum Gasteiger partial charge on any atom is -0.301 e. The first-order valence-corrected chi connectivity index (χ1v) is 9.91. The topological polar surface area (TPSA) is 76.1 Å². The van der Waals surface area contributed by atoms with E-state index in [2.05, 4.69) is 10.3 Å². The maximum Gasteiger partial charge on any atom is 0.241 e. The van der Waals surface area contributed by atoms with E-state index in [0.29, 0.717) is 20.3 Å². The van der Waals surface area contributed by atoms with Crippen LogP contribution < -0.4 is 5.32 Å². The van der Waals surface area contributed by atoms with Crippen LogP contribution in [0.4, 0.5) is 5.13 Å². The molecule has 24 heavy (non-hydrogen) atoms. The molecule has 0 aliphatic rings. The van der Waals surface area contributed by atoms with Gasteiger partial charge in [-0.2, -0.15) is 0 Å². The van der Waals surface area contributed by atoms with E-state index in [-0.39, 0.29) is 10.0 Å². The number of anilines is 1. The normalized spacial score (nSPS) is 11.6. The van der Waals surface area contributed by atoms with Crippen LogP contribution in [0.3, 0.4) is 0 Å². The SMILES string of the molecule is O=C(CS(=O)(=O)c1ccccc1)Nc1nc2c(Cl)cc(Cl)cc2s1. The Balaban J connectivity index is 1.79. The summed E-state index contributed by atoms with van der Waals surface area (Å²) in [5.41, 5.74) is 0.507. The van der Waals surface area contributed by atoms with Crippen LogP contribution in [-0.2, 0) is 14.6 Å². The van der Waals surface area contributed by atoms with Gasteiger partial charge in [-0.15, -0.1) is 0 Å². The van der Waals surface area contributed by atoms with Crippen molar-refractivity contribution in [1.82, 2.24) is 4.98 Å². The third-order valence-corrected chi connectivity index (χ3v) is 6.14. The predicted molar refractivity (Wildman–Crippen MR) is 96.8 cm³/mol. The van der Waals surface area contributed by atoms with Crippen LogP contribution in [0.5, 0.6) is 0 Å². The Labute approximate surface area is 152 Å². The van der Waals surface area contributed by atoms with Crippen LogP contribution >= 0.6 is 34.5 Å². The smallest absolute Gasteiger partial charge is 0.241 e. The van der Waals surface area contributed by atoms with Crippen LogP contribution in [0.1, 0.15) is 0 Å². The summed E-state index contributed by atoms with van der Waals surface area (Å²) in [4.78, 5) is 16.3. The fraction of sp³-hybridized carbons (Fsp3) is 0.0667. The molecule has 0 spiro atoms. The highest BCUT2D eigenvalue weighted by Gasteiger charge is 2.20. The maximum atomic E-state index is 12.2. The van der Waals surface area contributed by atoms with Gasteiger partial charge in [0.15, 0.2) is 15.0 Å². The van der Waals surface area contributed by atoms with Gasteiger partial charge in [-0.05, 0) is 24.3 Å². The van der Waals surface area contributed by atoms with E-state index >= 15 is 0 Å². The van der Waals surface area contributed by atoms with Gasteiger partial charge in [0.2, 0.25) is 5.91 Å². The second kappa shape index (κ2) is 6.68. The molecule has 0 atom stereocenters. The third-order valence-electron chi connectivity index (χ3n) is 3.08. The summed E-state index contributed by atoms with van der Waals surface area (Å²) in [7, 11) is -3.71. The van der Waals surface area contributed by atoms with Crippen LogP contribution in [0, 0.1) is 0 Å². The van der Waals surface area contributed by atoms with E-state index in [1.165, 1.54) is 23.5 Å². The van der Waals surface area contributed by atoms with E-state index in [9.17, 15) is 13.2 Å². The minimum absolute atomic E-state index is 0.0966. The molecule has 0 radical (unpaired) electrons. The number of rotatable bonds is 4. The fourth-order valence-corrected chi connectivity index (χ4v) is 4.81. The number of fused-ring (bicyclic) bond motifs is 1. The van der Waals surface area contributed by atoms with Crippen molar-refractivity contribution < 1.29 is 13.2 Å². The average Bonchev–Trinajstić information content (AvgIpc) is 2.90. The van der Waals surface area contributed by atoms with Crippen LogP contribution in [0.25, 0.3) is 10.2 Å². The molecule has 0 saturated carbocycles. The molecule has 1 heterocycles. The lowest BCUT2D eigenvalue weighted by Crippen LogP contribution is -2.22. The Morgan fingerprint density at radius 1 is 1.17 bits per heavy atom. The second-order valence-corrected chi connectivity index (χ2v) is 8.74. The van der Waals surface area contributed by atoms with E-state index < -0.39 is 21.5 Å². The molecule has 9 heteroatoms. The molecule has 0 aliphatic heterocycles. The summed E-state index contributed by atoms with van der Waals surface area (Å²) < 4.78 is 25.1. The van der Waals surface area contributed by atoms with Crippen molar-refractivity contribution in [3.8, 4) is 0 Å². The number of carbonyl (C=O) groups is 1. The monoisotopic (exact) mass is 400 g/mol. The molecule has 5 nitrogen and oxygen atoms in total. The summed E-state index contributed by atoms with van der Waals surface area (Å²) in [6.45, 7) is 0. The van der Waals surface area contributed by atoms with Crippen molar-refractivity contribution in [3.05, 3.63) is 52.5 Å². The van der Waals surface area contributed by atoms with Crippen molar-refractivity contribution in [2.24, 2.45) is 0 Å². The van der Waals surface area contributed by atoms with Gasteiger partial charge in [0.05, 0.1) is 14.6 Å². The number of aromatic nitrogens is 1. The summed E-state index contributed by atoms with van der Waals surface area (Å²) >= 11 is 13.1. The number of sulfone groups is 1. The molecule has 0 saturated heterocycles. The average molecular weight is 401 g/mol. The molecular weight excluding hydrogens is 391 g/mol. The molecule has 0 aliphatic carbocycles. The predicted octanol–water partition coefficient (Wildman–Crippen LogP) is 4.02. The third kappa shape index (κ3) is 3.70. The van der Waals surface area contributed by atoms with Gasteiger partial charge in [0, 0.05) is 5.02 Å². The summed E-state index contributed by atoms with van der Waals surface area (Å²) in [6, 6.07) is 11.0. The van der Waals surface area contributed by atoms with Gasteiger partial charge in [0.25, 0.3) is 0 Å². The van der Waals surface area contributed by atoms with E-state index in [4.69, 9.17) is 23.2 Å². The van der Waals surface area contributed by atoms with E-state index in [1.807, 2.05) is 0 Å². The Hall–Kier alpha value is -1.67. The van der Waals surface area contributed by atoms with Gasteiger partial charge >= 0.3 is 0 Å². The zero-order chi connectivity index (χ0) is 17.3. The van der Waals surface area contributed by atoms with Gasteiger partial charge in [-0.3, -0.25) is 4.79 Å². The number of carbonyl (C=O) groups excluding carboxylic acids is 1. The molecule has 0 bridgehead atoms. The molecule has 1 aromatic heterocycles. The van der Waals surface area contributed by atoms with Crippen LogP contribution in [0.2, 0.25) is 10.0 Å². The zero-order valence-corrected chi connectivity index (χ0v) is 15.1. The molecule has 0 fully saturated rings. The molecule has 2 aromatic carbocycles. The van der Waals surface area contributed by atoms with Crippen molar-refractivity contribution in [2.75, 3.05) is 11.1 Å². The number of hydrogen-bond donors (Lipinski definition) is 1. The Morgan fingerprint density at radius 2 is 1.88 bits per heavy atom. The lowest BCUT2D eigenvalue weighted by molar-refractivity contribution is -0.113. The second-order valence-electron chi connectivity index (χ2n) is 4.87. The summed E-state index contributed by atoms with van der Waals surface area (Å²) in [5, 5.41) is 3.58. The van der Waals surface area contributed by atoms with Gasteiger partial charge in [0.1, 0.15) is 11.3 Å². The maximum absolute atomic E-state index is 12.2. The Bertz CT molecular complexity index is 1020. The van der Waals surface area contributed by atoms with Crippen LogP contribution in [0.15, 0.2) is 47.4 Å². The van der Waals surface area contributed by atoms with Crippen molar-refractivity contribution in [3.63, 3.8) is 0 Å². The van der Waals surface area contributed by atoms with Gasteiger partial charge in [-0.1, -0.05) is 52.7 Å². The molecule has 3 rings (SSSR count). The highest BCUT2D eigenvalue weighted by molar-refractivity contribution is 7.92. The van der Waals surface area contributed by atoms with Crippen LogP contribution in [-0.4, -0.2) is 25.1 Å². The van der Waals surface area contributed by atoms with Crippen molar-refractivity contribution >= 4 is 65.6 Å². The summed E-state index contributed by atoms with van der Waals surface area (Å²) in [6.07, 6.45) is 0. The summed E-state index contributed by atoms with van der Waals surface area (Å²) in [5.74, 6) is -1.33. The lowest BCUT2D eigenvalue weighted by atomic mass is 10.3.